The van der Waals surface area contributed by atoms with Gasteiger partial charge in [-0.25, -0.2) is 8.42 Å². The summed E-state index contributed by atoms with van der Waals surface area (Å²) in [6, 6.07) is 5.95. The summed E-state index contributed by atoms with van der Waals surface area (Å²) in [4.78, 5) is 4.48. The summed E-state index contributed by atoms with van der Waals surface area (Å²) >= 11 is 0. The minimum Gasteiger partial charge on any atom is -0.493 e. The first-order valence-corrected chi connectivity index (χ1v) is 10.9. The van der Waals surface area contributed by atoms with E-state index >= 15 is 0 Å². The van der Waals surface area contributed by atoms with Crippen molar-refractivity contribution >= 4 is 39.8 Å². The SMILES string of the molecule is CCNC(=NCCCc1ccc(OC)c(OCC)c1)NCCS(C)(=O)=O.I. The van der Waals surface area contributed by atoms with Gasteiger partial charge in [-0.3, -0.25) is 4.99 Å². The zero-order chi connectivity index (χ0) is 19.4. The number of hydrogen-bond donors (Lipinski definition) is 2. The molecule has 1 aromatic carbocycles. The zero-order valence-electron chi connectivity index (χ0n) is 16.6. The first-order valence-electron chi connectivity index (χ1n) is 8.89. The summed E-state index contributed by atoms with van der Waals surface area (Å²) < 4.78 is 33.3. The molecular weight excluding hydrogens is 481 g/mol. The highest BCUT2D eigenvalue weighted by Gasteiger charge is 2.06. The largest absolute Gasteiger partial charge is 0.493 e. The number of nitrogens with zero attached hydrogens (tertiary/aromatic N) is 1. The normalized spacial score (nSPS) is 11.5. The molecule has 0 saturated carbocycles. The third-order valence-electron chi connectivity index (χ3n) is 3.53. The molecule has 0 radical (unpaired) electrons. The number of benzene rings is 1. The number of hydrogen-bond acceptors (Lipinski definition) is 5. The second kappa shape index (κ2) is 13.9. The smallest absolute Gasteiger partial charge is 0.191 e. The predicted molar refractivity (Wildman–Crippen MR) is 122 cm³/mol. The van der Waals surface area contributed by atoms with Crippen molar-refractivity contribution in [2.45, 2.75) is 26.7 Å². The van der Waals surface area contributed by atoms with Crippen LogP contribution in [0.3, 0.4) is 0 Å². The molecule has 0 saturated heterocycles. The first kappa shape index (κ1) is 25.8. The quantitative estimate of drug-likeness (QED) is 0.204. The fourth-order valence-corrected chi connectivity index (χ4v) is 2.79. The van der Waals surface area contributed by atoms with Crippen LogP contribution in [0, 0.1) is 0 Å². The van der Waals surface area contributed by atoms with E-state index in [1.54, 1.807) is 7.11 Å². The second-order valence-electron chi connectivity index (χ2n) is 5.84. The van der Waals surface area contributed by atoms with Crippen LogP contribution in [-0.2, 0) is 16.3 Å². The van der Waals surface area contributed by atoms with Crippen LogP contribution in [0.15, 0.2) is 23.2 Å². The second-order valence-corrected chi connectivity index (χ2v) is 8.10. The number of aryl methyl sites for hydroxylation is 1. The number of halogens is 1. The van der Waals surface area contributed by atoms with Gasteiger partial charge >= 0.3 is 0 Å². The Morgan fingerprint density at radius 2 is 1.93 bits per heavy atom. The molecule has 0 spiro atoms. The molecule has 0 heterocycles. The maximum absolute atomic E-state index is 11.2. The van der Waals surface area contributed by atoms with Crippen LogP contribution < -0.4 is 20.1 Å². The van der Waals surface area contributed by atoms with E-state index in [0.29, 0.717) is 25.7 Å². The predicted octanol–water partition coefficient (Wildman–Crippen LogP) is 2.24. The Morgan fingerprint density at radius 1 is 1.19 bits per heavy atom. The van der Waals surface area contributed by atoms with E-state index < -0.39 is 9.84 Å². The number of nitrogens with one attached hydrogen (secondary N) is 2. The molecular formula is C18H32IN3O4S. The summed E-state index contributed by atoms with van der Waals surface area (Å²) in [6.07, 6.45) is 2.97. The van der Waals surface area contributed by atoms with E-state index in [2.05, 4.69) is 15.6 Å². The summed E-state index contributed by atoms with van der Waals surface area (Å²) in [5.74, 6) is 2.22. The van der Waals surface area contributed by atoms with Gasteiger partial charge in [0.2, 0.25) is 0 Å². The first-order chi connectivity index (χ1) is 12.4. The highest BCUT2D eigenvalue weighted by Crippen LogP contribution is 2.28. The summed E-state index contributed by atoms with van der Waals surface area (Å²) in [5, 5.41) is 6.16. The maximum Gasteiger partial charge on any atom is 0.191 e. The van der Waals surface area contributed by atoms with Crippen LogP contribution in [0.25, 0.3) is 0 Å². The van der Waals surface area contributed by atoms with Gasteiger partial charge in [-0.05, 0) is 44.4 Å². The highest BCUT2D eigenvalue weighted by atomic mass is 127. The van der Waals surface area contributed by atoms with Crippen molar-refractivity contribution < 1.29 is 17.9 Å². The molecule has 0 fully saturated rings. The molecule has 0 amide bonds. The zero-order valence-corrected chi connectivity index (χ0v) is 19.7. The Balaban J connectivity index is 0.00000676. The Bertz CT molecular complexity index is 681. The Hall–Kier alpha value is -1.23. The van der Waals surface area contributed by atoms with Crippen LogP contribution in [0.5, 0.6) is 11.5 Å². The van der Waals surface area contributed by atoms with Gasteiger partial charge in [0.15, 0.2) is 17.5 Å². The molecule has 2 N–H and O–H groups in total. The molecule has 1 aromatic rings. The molecule has 156 valence electrons. The van der Waals surface area contributed by atoms with Gasteiger partial charge in [0.25, 0.3) is 0 Å². The Kier molecular flexibility index (Phi) is 13.2. The third-order valence-corrected chi connectivity index (χ3v) is 4.48. The van der Waals surface area contributed by atoms with Gasteiger partial charge in [-0.2, -0.15) is 0 Å². The van der Waals surface area contributed by atoms with Gasteiger partial charge in [0, 0.05) is 25.9 Å². The van der Waals surface area contributed by atoms with E-state index in [1.165, 1.54) is 11.8 Å². The average molecular weight is 513 g/mol. The lowest BCUT2D eigenvalue weighted by Crippen LogP contribution is -2.39. The van der Waals surface area contributed by atoms with Gasteiger partial charge in [-0.15, -0.1) is 24.0 Å². The van der Waals surface area contributed by atoms with Crippen LogP contribution in [-0.4, -0.2) is 59.7 Å². The number of aliphatic imine (C=N–C) groups is 1. The topological polar surface area (TPSA) is 89.0 Å². The van der Waals surface area contributed by atoms with Crippen LogP contribution >= 0.6 is 24.0 Å². The molecule has 1 rings (SSSR count). The van der Waals surface area contributed by atoms with E-state index in [0.717, 1.165) is 30.9 Å². The number of sulfone groups is 1. The monoisotopic (exact) mass is 513 g/mol. The molecule has 27 heavy (non-hydrogen) atoms. The van der Waals surface area contributed by atoms with Crippen molar-refractivity contribution in [1.82, 2.24) is 10.6 Å². The lowest BCUT2D eigenvalue weighted by molar-refractivity contribution is 0.310. The molecule has 0 atom stereocenters. The van der Waals surface area contributed by atoms with Crippen molar-refractivity contribution in [3.63, 3.8) is 0 Å². The molecule has 0 aromatic heterocycles. The third kappa shape index (κ3) is 11.3. The molecule has 0 bridgehead atoms. The van der Waals surface area contributed by atoms with Crippen LogP contribution in [0.4, 0.5) is 0 Å². The average Bonchev–Trinajstić information content (AvgIpc) is 2.58. The number of rotatable bonds is 11. The van der Waals surface area contributed by atoms with Crippen molar-refractivity contribution in [2.75, 3.05) is 45.4 Å². The molecule has 9 heteroatoms. The minimum absolute atomic E-state index is 0. The molecule has 0 aliphatic carbocycles. The number of guanidine groups is 1. The molecule has 7 nitrogen and oxygen atoms in total. The van der Waals surface area contributed by atoms with E-state index in [4.69, 9.17) is 9.47 Å². The summed E-state index contributed by atoms with van der Waals surface area (Å²) in [5.41, 5.74) is 1.17. The maximum atomic E-state index is 11.2. The Labute approximate surface area is 180 Å². The van der Waals surface area contributed by atoms with Gasteiger partial charge < -0.3 is 20.1 Å². The number of methoxy groups -OCH3 is 1. The fraction of sp³-hybridized carbons (Fsp3) is 0.611. The van der Waals surface area contributed by atoms with Crippen LogP contribution in [0.1, 0.15) is 25.8 Å². The molecule has 0 unspecified atom stereocenters. The van der Waals surface area contributed by atoms with E-state index in [-0.39, 0.29) is 29.7 Å². The summed E-state index contributed by atoms with van der Waals surface area (Å²) in [7, 11) is -1.35. The van der Waals surface area contributed by atoms with E-state index in [9.17, 15) is 8.42 Å². The standard InChI is InChI=1S/C18H31N3O4S.HI/c1-5-19-18(21-12-13-26(4,22)23)20-11-7-8-15-9-10-16(24-3)17(14-15)25-6-2;/h9-10,14H,5-8,11-13H2,1-4H3,(H2,19,20,21);1H. The van der Waals surface area contributed by atoms with Gasteiger partial charge in [0.1, 0.15) is 9.84 Å². The lowest BCUT2D eigenvalue weighted by Gasteiger charge is -2.12. The lowest BCUT2D eigenvalue weighted by atomic mass is 10.1. The number of ether oxygens (including phenoxy) is 2. The Morgan fingerprint density at radius 3 is 2.52 bits per heavy atom. The van der Waals surface area contributed by atoms with Crippen molar-refractivity contribution in [3.8, 4) is 11.5 Å². The van der Waals surface area contributed by atoms with Gasteiger partial charge in [0.05, 0.1) is 19.5 Å². The summed E-state index contributed by atoms with van der Waals surface area (Å²) in [6.45, 7) is 6.22. The minimum atomic E-state index is -2.98. The van der Waals surface area contributed by atoms with Crippen molar-refractivity contribution in [2.24, 2.45) is 4.99 Å². The fourth-order valence-electron chi connectivity index (χ4n) is 2.32. The van der Waals surface area contributed by atoms with Gasteiger partial charge in [-0.1, -0.05) is 6.07 Å². The van der Waals surface area contributed by atoms with E-state index in [1.807, 2.05) is 32.0 Å². The van der Waals surface area contributed by atoms with Crippen molar-refractivity contribution in [3.05, 3.63) is 23.8 Å². The highest BCUT2D eigenvalue weighted by molar-refractivity contribution is 14.0. The molecule has 0 aliphatic rings. The van der Waals surface area contributed by atoms with Crippen molar-refractivity contribution in [1.29, 1.82) is 0 Å². The molecule has 0 aliphatic heterocycles. The van der Waals surface area contributed by atoms with Crippen LogP contribution in [0.2, 0.25) is 0 Å².